The first-order valence-corrected chi connectivity index (χ1v) is 6.50. The van der Waals surface area contributed by atoms with Gasteiger partial charge >= 0.3 is 5.97 Å². The molecule has 0 spiro atoms. The molecule has 2 N–H and O–H groups in total. The monoisotopic (exact) mass is 274 g/mol. The van der Waals surface area contributed by atoms with Gasteiger partial charge in [0.15, 0.2) is 0 Å². The molecule has 0 bridgehead atoms. The number of para-hydroxylation sites is 1. The molecule has 20 heavy (non-hydrogen) atoms. The van der Waals surface area contributed by atoms with Gasteiger partial charge in [-0.05, 0) is 25.5 Å². The zero-order valence-electron chi connectivity index (χ0n) is 11.6. The van der Waals surface area contributed by atoms with E-state index in [0.717, 1.165) is 17.3 Å². The Balaban J connectivity index is 2.34. The smallest absolute Gasteiger partial charge is 0.339 e. The van der Waals surface area contributed by atoms with Gasteiger partial charge in [-0.25, -0.2) is 9.78 Å². The number of rotatable bonds is 6. The van der Waals surface area contributed by atoms with Gasteiger partial charge < -0.3 is 15.2 Å². The molecule has 1 atom stereocenters. The van der Waals surface area contributed by atoms with E-state index in [1.165, 1.54) is 0 Å². The molecule has 0 saturated heterocycles. The summed E-state index contributed by atoms with van der Waals surface area (Å²) in [6, 6.07) is 9.20. The number of benzene rings is 1. The molecule has 5 heteroatoms. The number of nitrogens with zero attached hydrogens (tertiary/aromatic N) is 1. The predicted molar refractivity (Wildman–Crippen MR) is 78.3 cm³/mol. The fourth-order valence-electron chi connectivity index (χ4n) is 1.99. The molecule has 1 unspecified atom stereocenters. The normalized spacial score (nSPS) is 12.3. The Morgan fingerprint density at radius 1 is 1.45 bits per heavy atom. The largest absolute Gasteiger partial charge is 0.478 e. The van der Waals surface area contributed by atoms with E-state index in [1.54, 1.807) is 13.2 Å². The van der Waals surface area contributed by atoms with Crippen LogP contribution in [0.3, 0.4) is 0 Å². The summed E-state index contributed by atoms with van der Waals surface area (Å²) in [6.07, 6.45) is 0.782. The van der Waals surface area contributed by atoms with E-state index in [9.17, 15) is 9.90 Å². The van der Waals surface area contributed by atoms with Gasteiger partial charge in [0.2, 0.25) is 0 Å². The molecule has 0 aliphatic rings. The number of carbonyl (C=O) groups is 1. The minimum atomic E-state index is -0.982. The molecule has 0 aliphatic heterocycles. The molecular formula is C15H18N2O3. The Morgan fingerprint density at radius 3 is 2.90 bits per heavy atom. The summed E-state index contributed by atoms with van der Waals surface area (Å²) in [6.45, 7) is 2.59. The highest BCUT2D eigenvalue weighted by atomic mass is 16.5. The van der Waals surface area contributed by atoms with Crippen LogP contribution in [-0.2, 0) is 4.74 Å². The summed E-state index contributed by atoms with van der Waals surface area (Å²) in [4.78, 5) is 15.8. The van der Waals surface area contributed by atoms with Crippen LogP contribution in [0.15, 0.2) is 30.3 Å². The number of ether oxygens (including phenoxy) is 1. The molecule has 0 saturated carbocycles. The van der Waals surface area contributed by atoms with Gasteiger partial charge in [0.25, 0.3) is 0 Å². The highest BCUT2D eigenvalue weighted by Crippen LogP contribution is 2.21. The summed E-state index contributed by atoms with van der Waals surface area (Å²) in [5.74, 6) is -0.579. The van der Waals surface area contributed by atoms with Gasteiger partial charge in [0.05, 0.1) is 5.52 Å². The van der Waals surface area contributed by atoms with Gasteiger partial charge in [-0.1, -0.05) is 18.2 Å². The van der Waals surface area contributed by atoms with Crippen LogP contribution in [0.25, 0.3) is 10.9 Å². The van der Waals surface area contributed by atoms with Crippen molar-refractivity contribution in [2.45, 2.75) is 19.4 Å². The predicted octanol–water partition coefficient (Wildman–Crippen LogP) is 2.77. The number of hydrogen-bond donors (Lipinski definition) is 2. The molecule has 0 amide bonds. The lowest BCUT2D eigenvalue weighted by Gasteiger charge is -2.16. The number of hydrogen-bond acceptors (Lipinski definition) is 4. The Morgan fingerprint density at radius 2 is 2.20 bits per heavy atom. The number of fused-ring (bicyclic) bond motifs is 1. The fraction of sp³-hybridized carbons (Fsp3) is 0.333. The van der Waals surface area contributed by atoms with Crippen molar-refractivity contribution in [3.05, 3.63) is 35.9 Å². The first-order chi connectivity index (χ1) is 9.61. The van der Waals surface area contributed by atoms with E-state index in [2.05, 4.69) is 10.3 Å². The zero-order chi connectivity index (χ0) is 14.5. The van der Waals surface area contributed by atoms with Crippen molar-refractivity contribution < 1.29 is 14.6 Å². The first-order valence-electron chi connectivity index (χ1n) is 6.50. The van der Waals surface area contributed by atoms with Crippen molar-refractivity contribution in [2.75, 3.05) is 19.0 Å². The Kier molecular flexibility index (Phi) is 4.53. The van der Waals surface area contributed by atoms with Crippen molar-refractivity contribution in [1.29, 1.82) is 0 Å². The van der Waals surface area contributed by atoms with E-state index in [1.807, 2.05) is 31.2 Å². The minimum Gasteiger partial charge on any atom is -0.478 e. The van der Waals surface area contributed by atoms with Crippen LogP contribution >= 0.6 is 0 Å². The average Bonchev–Trinajstić information content (AvgIpc) is 2.44. The third-order valence-electron chi connectivity index (χ3n) is 3.09. The average molecular weight is 274 g/mol. The highest BCUT2D eigenvalue weighted by Gasteiger charge is 2.15. The van der Waals surface area contributed by atoms with Crippen molar-refractivity contribution in [1.82, 2.24) is 4.98 Å². The Hall–Kier alpha value is -2.14. The maximum Gasteiger partial charge on any atom is 0.339 e. The third-order valence-corrected chi connectivity index (χ3v) is 3.09. The lowest BCUT2D eigenvalue weighted by Crippen LogP contribution is -2.20. The second-order valence-corrected chi connectivity index (χ2v) is 4.71. The zero-order valence-corrected chi connectivity index (χ0v) is 11.6. The number of carboxylic acids is 1. The van der Waals surface area contributed by atoms with Gasteiger partial charge in [0, 0.05) is 25.1 Å². The standard InChI is InChI=1S/C15H18N2O3/c1-10(7-8-20-2)16-14-12(15(18)19)9-11-5-3-4-6-13(11)17-14/h3-6,9-10H,7-8H2,1-2H3,(H,16,17)(H,18,19). The summed E-state index contributed by atoms with van der Waals surface area (Å²) in [5, 5.41) is 13.3. The molecule has 1 aromatic heterocycles. The van der Waals surface area contributed by atoms with E-state index in [4.69, 9.17) is 4.74 Å². The molecule has 0 radical (unpaired) electrons. The molecule has 1 heterocycles. The number of carboxylic acid groups (broad SMARTS) is 1. The molecule has 2 aromatic rings. The van der Waals surface area contributed by atoms with E-state index in [0.29, 0.717) is 12.4 Å². The highest BCUT2D eigenvalue weighted by molar-refractivity contribution is 5.98. The number of aromatic carboxylic acids is 1. The van der Waals surface area contributed by atoms with Crippen LogP contribution in [-0.4, -0.2) is 35.8 Å². The maximum absolute atomic E-state index is 11.4. The van der Waals surface area contributed by atoms with Crippen LogP contribution in [0, 0.1) is 0 Å². The van der Waals surface area contributed by atoms with E-state index >= 15 is 0 Å². The maximum atomic E-state index is 11.4. The van der Waals surface area contributed by atoms with Crippen LogP contribution in [0.2, 0.25) is 0 Å². The minimum absolute atomic E-state index is 0.0849. The Labute approximate surface area is 117 Å². The molecular weight excluding hydrogens is 256 g/mol. The number of methoxy groups -OCH3 is 1. The van der Waals surface area contributed by atoms with Crippen molar-refractivity contribution >= 4 is 22.7 Å². The second kappa shape index (κ2) is 6.34. The van der Waals surface area contributed by atoms with Crippen LogP contribution in [0.1, 0.15) is 23.7 Å². The van der Waals surface area contributed by atoms with Gasteiger partial charge in [-0.3, -0.25) is 0 Å². The third kappa shape index (κ3) is 3.24. The lowest BCUT2D eigenvalue weighted by molar-refractivity contribution is 0.0697. The van der Waals surface area contributed by atoms with Crippen LogP contribution in [0.4, 0.5) is 5.82 Å². The van der Waals surface area contributed by atoms with Crippen LogP contribution in [0.5, 0.6) is 0 Å². The quantitative estimate of drug-likeness (QED) is 0.847. The van der Waals surface area contributed by atoms with E-state index in [-0.39, 0.29) is 11.6 Å². The fourth-order valence-corrected chi connectivity index (χ4v) is 1.99. The van der Waals surface area contributed by atoms with Crippen LogP contribution < -0.4 is 5.32 Å². The first kappa shape index (κ1) is 14.3. The van der Waals surface area contributed by atoms with E-state index < -0.39 is 5.97 Å². The summed E-state index contributed by atoms with van der Waals surface area (Å²) >= 11 is 0. The van der Waals surface area contributed by atoms with Crippen molar-refractivity contribution in [2.24, 2.45) is 0 Å². The Bertz CT molecular complexity index is 613. The molecule has 0 fully saturated rings. The molecule has 106 valence electrons. The van der Waals surface area contributed by atoms with Crippen molar-refractivity contribution in [3.8, 4) is 0 Å². The van der Waals surface area contributed by atoms with Gasteiger partial charge in [0.1, 0.15) is 11.4 Å². The topological polar surface area (TPSA) is 71.5 Å². The summed E-state index contributed by atoms with van der Waals surface area (Å²) < 4.78 is 5.02. The molecule has 5 nitrogen and oxygen atoms in total. The second-order valence-electron chi connectivity index (χ2n) is 4.71. The van der Waals surface area contributed by atoms with Crippen molar-refractivity contribution in [3.63, 3.8) is 0 Å². The van der Waals surface area contributed by atoms with Gasteiger partial charge in [-0.2, -0.15) is 0 Å². The van der Waals surface area contributed by atoms with Gasteiger partial charge in [-0.15, -0.1) is 0 Å². The SMILES string of the molecule is COCCC(C)Nc1nc2ccccc2cc1C(=O)O. The number of pyridine rings is 1. The number of anilines is 1. The lowest BCUT2D eigenvalue weighted by atomic mass is 10.1. The summed E-state index contributed by atoms with van der Waals surface area (Å²) in [7, 11) is 1.64. The molecule has 2 rings (SSSR count). The summed E-state index contributed by atoms with van der Waals surface area (Å²) in [5.41, 5.74) is 0.965. The number of nitrogens with one attached hydrogen (secondary N) is 1. The molecule has 0 aliphatic carbocycles. The number of aromatic nitrogens is 1. The molecule has 1 aromatic carbocycles.